The van der Waals surface area contributed by atoms with Crippen molar-refractivity contribution in [1.29, 1.82) is 0 Å². The Morgan fingerprint density at radius 2 is 1.00 bits per heavy atom. The Labute approximate surface area is 56.3 Å². The van der Waals surface area contributed by atoms with Crippen LogP contribution in [0.3, 0.4) is 0 Å². The van der Waals surface area contributed by atoms with Crippen molar-refractivity contribution in [2.24, 2.45) is 0 Å². The minimum absolute atomic E-state index is 1.64. The molecule has 0 aliphatic rings. The molecule has 0 aliphatic carbocycles. The van der Waals surface area contributed by atoms with Gasteiger partial charge in [-0.3, -0.25) is 22.9 Å². The molecule has 1 aromatic heterocycles. The van der Waals surface area contributed by atoms with Gasteiger partial charge in [0.2, 0.25) is 0 Å². The molecule has 10 heavy (non-hydrogen) atoms. The molecule has 1 rings (SSSR count). The third-order valence-electron chi connectivity index (χ3n) is 0.478. The summed E-state index contributed by atoms with van der Waals surface area (Å²) >= 11 is 0. The van der Waals surface area contributed by atoms with Gasteiger partial charge < -0.3 is 0 Å². The second kappa shape index (κ2) is 6.06. The molecule has 0 bridgehead atoms. The van der Waals surface area contributed by atoms with Crippen molar-refractivity contribution in [1.82, 2.24) is 9.97 Å². The van der Waals surface area contributed by atoms with Crippen molar-refractivity contribution in [2.75, 3.05) is 0 Å². The van der Waals surface area contributed by atoms with Crippen LogP contribution in [0.25, 0.3) is 0 Å². The van der Waals surface area contributed by atoms with Gasteiger partial charge in [-0.05, 0) is 0 Å². The van der Waals surface area contributed by atoms with E-state index in [9.17, 15) is 12.9 Å². The fourth-order valence-corrected chi connectivity index (χ4v) is 0.253. The van der Waals surface area contributed by atoms with E-state index < -0.39 is 7.54 Å². The van der Waals surface area contributed by atoms with Gasteiger partial charge in [-0.25, -0.2) is 0 Å². The molecule has 0 spiro atoms. The number of aromatic nitrogens is 2. The summed E-state index contributed by atoms with van der Waals surface area (Å²) in [6.45, 7) is 0. The first kappa shape index (κ1) is 8.93. The molecule has 0 amide bonds. The lowest BCUT2D eigenvalue weighted by atomic mass is 10.5. The predicted molar refractivity (Wildman–Crippen MR) is 31.1 cm³/mol. The Bertz CT molecular complexity index is 119. The average molecular weight is 148 g/mol. The maximum atomic E-state index is 9.67. The van der Waals surface area contributed by atoms with Crippen LogP contribution in [0.2, 0.25) is 0 Å². The highest BCUT2D eigenvalue weighted by atomic mass is 19.4. The van der Waals surface area contributed by atoms with Crippen LogP contribution in [-0.4, -0.2) is 17.5 Å². The Balaban J connectivity index is 0.000000180. The molecule has 1 aromatic rings. The van der Waals surface area contributed by atoms with Crippen LogP contribution in [0.5, 0.6) is 0 Å². The van der Waals surface area contributed by atoms with Crippen molar-refractivity contribution in [3.8, 4) is 0 Å². The van der Waals surface area contributed by atoms with Crippen LogP contribution >= 0.6 is 0 Å². The first-order valence-electron chi connectivity index (χ1n) is 2.35. The van der Waals surface area contributed by atoms with Crippen LogP contribution in [0.1, 0.15) is 0 Å². The molecule has 0 saturated heterocycles. The Morgan fingerprint density at radius 3 is 1.10 bits per heavy atom. The van der Waals surface area contributed by atoms with Gasteiger partial charge in [0.15, 0.2) is 0 Å². The fraction of sp³-hybridized carbons (Fsp3) is 0. The molecule has 0 unspecified atom stereocenters. The number of halogens is 3. The van der Waals surface area contributed by atoms with Crippen molar-refractivity contribution < 1.29 is 12.9 Å². The van der Waals surface area contributed by atoms with E-state index >= 15 is 0 Å². The molecule has 6 heteroatoms. The minimum Gasteiger partial charge on any atom is -0.262 e. The van der Waals surface area contributed by atoms with Crippen LogP contribution < -0.4 is 0 Å². The van der Waals surface area contributed by atoms with Crippen LogP contribution in [-0.2, 0) is 0 Å². The molecule has 0 aromatic carbocycles. The quantitative estimate of drug-likeness (QED) is 0.519. The second-order valence-electron chi connectivity index (χ2n) is 1.14. The molecular weight excluding hydrogens is 144 g/mol. The minimum atomic E-state index is -3.67. The Kier molecular flexibility index (Phi) is 5.42. The molecule has 0 radical (unpaired) electrons. The van der Waals surface area contributed by atoms with Gasteiger partial charge in [0, 0.05) is 24.8 Å². The third-order valence-corrected chi connectivity index (χ3v) is 0.478. The molecule has 0 N–H and O–H groups in total. The molecule has 0 saturated carbocycles. The summed E-state index contributed by atoms with van der Waals surface area (Å²) in [7, 11) is -3.67. The molecule has 54 valence electrons. The van der Waals surface area contributed by atoms with Crippen molar-refractivity contribution >= 4 is 7.54 Å². The van der Waals surface area contributed by atoms with Gasteiger partial charge >= 0.3 is 7.54 Å². The van der Waals surface area contributed by atoms with Crippen LogP contribution in [0.15, 0.2) is 24.8 Å². The van der Waals surface area contributed by atoms with Crippen molar-refractivity contribution in [3.05, 3.63) is 24.8 Å². The highest BCUT2D eigenvalue weighted by molar-refractivity contribution is 6.33. The van der Waals surface area contributed by atoms with E-state index in [2.05, 4.69) is 9.97 Å². The molecule has 0 fully saturated rings. The lowest BCUT2D eigenvalue weighted by Crippen LogP contribution is -1.76. The standard InChI is InChI=1S/C4H4N2.BF3/c1-2-6-4-3-5-1;2-1(3)4/h1-4H;. The topological polar surface area (TPSA) is 25.8 Å². The van der Waals surface area contributed by atoms with Gasteiger partial charge in [0.05, 0.1) is 0 Å². The summed E-state index contributed by atoms with van der Waals surface area (Å²) in [4.78, 5) is 7.44. The SMILES string of the molecule is FB(F)F.c1cnccn1. The van der Waals surface area contributed by atoms with E-state index in [1.165, 1.54) is 0 Å². The summed E-state index contributed by atoms with van der Waals surface area (Å²) < 4.78 is 29.0. The summed E-state index contributed by atoms with van der Waals surface area (Å²) in [5.41, 5.74) is 0. The van der Waals surface area contributed by atoms with Crippen molar-refractivity contribution in [2.45, 2.75) is 0 Å². The van der Waals surface area contributed by atoms with E-state index in [1.807, 2.05) is 0 Å². The molecular formula is C4H4BF3N2. The first-order valence-corrected chi connectivity index (χ1v) is 2.35. The molecule has 2 nitrogen and oxygen atoms in total. The number of hydrogen-bond donors (Lipinski definition) is 0. The summed E-state index contributed by atoms with van der Waals surface area (Å²) in [5.74, 6) is 0. The maximum Gasteiger partial charge on any atom is 0.762 e. The van der Waals surface area contributed by atoms with Gasteiger partial charge in [-0.15, -0.1) is 0 Å². The normalized spacial score (nSPS) is 7.50. The number of nitrogens with zero attached hydrogens (tertiary/aromatic N) is 2. The average Bonchev–Trinajstić information content (AvgIpc) is 1.90. The van der Waals surface area contributed by atoms with E-state index in [0.717, 1.165) is 0 Å². The zero-order valence-corrected chi connectivity index (χ0v) is 4.92. The number of hydrogen-bond acceptors (Lipinski definition) is 2. The van der Waals surface area contributed by atoms with E-state index in [4.69, 9.17) is 0 Å². The lowest BCUT2D eigenvalue weighted by Gasteiger charge is -1.70. The van der Waals surface area contributed by atoms with Crippen LogP contribution in [0.4, 0.5) is 12.9 Å². The molecule has 0 aliphatic heterocycles. The highest BCUT2D eigenvalue weighted by Gasteiger charge is 2.06. The Morgan fingerprint density at radius 1 is 0.800 bits per heavy atom. The number of rotatable bonds is 0. The van der Waals surface area contributed by atoms with Gasteiger partial charge in [0.25, 0.3) is 0 Å². The summed E-state index contributed by atoms with van der Waals surface area (Å²) in [5, 5.41) is 0. The predicted octanol–water partition coefficient (Wildman–Crippen LogP) is 1.36. The highest BCUT2D eigenvalue weighted by Crippen LogP contribution is 1.80. The van der Waals surface area contributed by atoms with Crippen LogP contribution in [0, 0.1) is 0 Å². The van der Waals surface area contributed by atoms with Crippen molar-refractivity contribution in [3.63, 3.8) is 0 Å². The Hall–Kier alpha value is -1.07. The smallest absolute Gasteiger partial charge is 0.262 e. The largest absolute Gasteiger partial charge is 0.762 e. The van der Waals surface area contributed by atoms with Gasteiger partial charge in [-0.2, -0.15) is 0 Å². The monoisotopic (exact) mass is 148 g/mol. The van der Waals surface area contributed by atoms with E-state index in [1.54, 1.807) is 24.8 Å². The third kappa shape index (κ3) is 10.0. The maximum absolute atomic E-state index is 9.67. The summed E-state index contributed by atoms with van der Waals surface area (Å²) in [6, 6.07) is 0. The second-order valence-corrected chi connectivity index (χ2v) is 1.14. The first-order chi connectivity index (χ1) is 4.73. The lowest BCUT2D eigenvalue weighted by molar-refractivity contribution is 0.535. The zero-order valence-electron chi connectivity index (χ0n) is 4.92. The van der Waals surface area contributed by atoms with Gasteiger partial charge in [0.1, 0.15) is 0 Å². The van der Waals surface area contributed by atoms with Gasteiger partial charge in [-0.1, -0.05) is 0 Å². The molecule has 1 heterocycles. The molecule has 0 atom stereocenters. The fourth-order valence-electron chi connectivity index (χ4n) is 0.253. The summed E-state index contributed by atoms with van der Waals surface area (Å²) in [6.07, 6.45) is 6.56. The van der Waals surface area contributed by atoms with E-state index in [-0.39, 0.29) is 0 Å². The zero-order chi connectivity index (χ0) is 7.82. The van der Waals surface area contributed by atoms with E-state index in [0.29, 0.717) is 0 Å².